The maximum atomic E-state index is 13.2. The molecule has 0 bridgehead atoms. The van der Waals surface area contributed by atoms with E-state index in [9.17, 15) is 13.9 Å². The molecule has 1 heterocycles. The van der Waals surface area contributed by atoms with Crippen LogP contribution >= 0.6 is 0 Å². The molecule has 0 saturated carbocycles. The van der Waals surface area contributed by atoms with E-state index in [1.54, 1.807) is 0 Å². The zero-order chi connectivity index (χ0) is 14.6. The van der Waals surface area contributed by atoms with E-state index in [0.29, 0.717) is 38.2 Å². The molecular weight excluding hydrogens is 266 g/mol. The molecule has 1 aliphatic rings. The van der Waals surface area contributed by atoms with Gasteiger partial charge in [-0.2, -0.15) is 0 Å². The fourth-order valence-electron chi connectivity index (χ4n) is 2.72. The average molecular weight is 286 g/mol. The summed E-state index contributed by atoms with van der Waals surface area (Å²) in [6.45, 7) is 3.39. The fourth-order valence-corrected chi connectivity index (χ4v) is 2.72. The molecule has 5 heteroatoms. The van der Waals surface area contributed by atoms with Crippen LogP contribution in [0.2, 0.25) is 0 Å². The van der Waals surface area contributed by atoms with Gasteiger partial charge in [-0.15, -0.1) is 0 Å². The second-order valence-electron chi connectivity index (χ2n) is 5.11. The van der Waals surface area contributed by atoms with Crippen LogP contribution in [-0.4, -0.2) is 36.6 Å². The lowest BCUT2D eigenvalue weighted by atomic mass is 9.84. The highest BCUT2D eigenvalue weighted by molar-refractivity contribution is 5.19. The Balaban J connectivity index is 2.13. The molecule has 1 aliphatic heterocycles. The Labute approximate surface area is 117 Å². The van der Waals surface area contributed by atoms with Gasteiger partial charge < -0.3 is 14.6 Å². The van der Waals surface area contributed by atoms with Crippen molar-refractivity contribution in [2.75, 3.05) is 19.8 Å². The van der Waals surface area contributed by atoms with Gasteiger partial charge in [-0.05, 0) is 24.6 Å². The summed E-state index contributed by atoms with van der Waals surface area (Å²) in [5.74, 6) is -1.27. The molecule has 1 saturated heterocycles. The number of ether oxygens (including phenoxy) is 2. The predicted molar refractivity (Wildman–Crippen MR) is 70.5 cm³/mol. The van der Waals surface area contributed by atoms with Gasteiger partial charge in [-0.3, -0.25) is 0 Å². The average Bonchev–Trinajstić information content (AvgIpc) is 2.38. The number of halogens is 2. The number of hydrogen-bond donors (Lipinski definition) is 1. The number of rotatable bonds is 5. The van der Waals surface area contributed by atoms with E-state index in [-0.39, 0.29) is 6.42 Å². The molecule has 0 amide bonds. The Kier molecular flexibility index (Phi) is 5.07. The SMILES string of the molecule is CCOC1(C(O)Cc2cc(F)cc(F)c2)CCOCC1. The quantitative estimate of drug-likeness (QED) is 0.903. The molecule has 1 atom stereocenters. The smallest absolute Gasteiger partial charge is 0.126 e. The van der Waals surface area contributed by atoms with E-state index in [1.165, 1.54) is 12.1 Å². The van der Waals surface area contributed by atoms with Gasteiger partial charge in [0, 0.05) is 45.1 Å². The minimum Gasteiger partial charge on any atom is -0.390 e. The summed E-state index contributed by atoms with van der Waals surface area (Å²) in [6.07, 6.45) is 0.515. The Morgan fingerprint density at radius 3 is 2.40 bits per heavy atom. The monoisotopic (exact) mass is 286 g/mol. The minimum atomic E-state index is -0.812. The lowest BCUT2D eigenvalue weighted by Crippen LogP contribution is -2.50. The molecule has 0 radical (unpaired) electrons. The molecule has 20 heavy (non-hydrogen) atoms. The van der Waals surface area contributed by atoms with Crippen molar-refractivity contribution in [3.8, 4) is 0 Å². The molecule has 3 nitrogen and oxygen atoms in total. The standard InChI is InChI=1S/C15H20F2O3/c1-2-20-15(3-5-19-6-4-15)14(18)9-11-7-12(16)10-13(17)8-11/h7-8,10,14,18H,2-6,9H2,1H3. The third-order valence-corrected chi connectivity index (χ3v) is 3.73. The van der Waals surface area contributed by atoms with Gasteiger partial charge in [0.05, 0.1) is 11.7 Å². The third kappa shape index (κ3) is 3.53. The Hall–Kier alpha value is -1.04. The predicted octanol–water partition coefficient (Wildman–Crippen LogP) is 2.45. The van der Waals surface area contributed by atoms with Crippen molar-refractivity contribution < 1.29 is 23.4 Å². The van der Waals surface area contributed by atoms with Crippen molar-refractivity contribution in [2.45, 2.75) is 37.9 Å². The summed E-state index contributed by atoms with van der Waals surface area (Å²) in [6, 6.07) is 3.30. The summed E-state index contributed by atoms with van der Waals surface area (Å²) < 4.78 is 37.4. The maximum Gasteiger partial charge on any atom is 0.126 e. The van der Waals surface area contributed by atoms with Gasteiger partial charge in [0.2, 0.25) is 0 Å². The minimum absolute atomic E-state index is 0.161. The second kappa shape index (κ2) is 6.61. The summed E-state index contributed by atoms with van der Waals surface area (Å²) in [5.41, 5.74) is -0.254. The maximum absolute atomic E-state index is 13.2. The summed E-state index contributed by atoms with van der Waals surface area (Å²) in [4.78, 5) is 0. The molecule has 2 rings (SSSR count). The first-order valence-electron chi connectivity index (χ1n) is 6.90. The van der Waals surface area contributed by atoms with E-state index in [4.69, 9.17) is 9.47 Å². The van der Waals surface area contributed by atoms with Gasteiger partial charge >= 0.3 is 0 Å². The molecule has 1 aromatic rings. The van der Waals surface area contributed by atoms with E-state index < -0.39 is 23.3 Å². The van der Waals surface area contributed by atoms with Crippen molar-refractivity contribution >= 4 is 0 Å². The molecule has 112 valence electrons. The molecule has 0 aromatic heterocycles. The molecular formula is C15H20F2O3. The first-order chi connectivity index (χ1) is 9.55. The van der Waals surface area contributed by atoms with E-state index >= 15 is 0 Å². The second-order valence-corrected chi connectivity index (χ2v) is 5.11. The van der Waals surface area contributed by atoms with Gasteiger partial charge in [0.25, 0.3) is 0 Å². The molecule has 1 fully saturated rings. The Morgan fingerprint density at radius 1 is 1.25 bits per heavy atom. The number of aliphatic hydroxyl groups is 1. The number of hydrogen-bond acceptors (Lipinski definition) is 3. The summed E-state index contributed by atoms with van der Waals surface area (Å²) in [5, 5.41) is 10.5. The van der Waals surface area contributed by atoms with E-state index in [2.05, 4.69) is 0 Å². The van der Waals surface area contributed by atoms with Gasteiger partial charge in [-0.1, -0.05) is 0 Å². The molecule has 1 N–H and O–H groups in total. The van der Waals surface area contributed by atoms with Gasteiger partial charge in [0.1, 0.15) is 11.6 Å². The van der Waals surface area contributed by atoms with Crippen LogP contribution in [0.4, 0.5) is 8.78 Å². The van der Waals surface area contributed by atoms with Gasteiger partial charge in [0.15, 0.2) is 0 Å². The zero-order valence-corrected chi connectivity index (χ0v) is 11.6. The van der Waals surface area contributed by atoms with E-state index in [1.807, 2.05) is 6.92 Å². The van der Waals surface area contributed by atoms with Crippen LogP contribution in [0.1, 0.15) is 25.3 Å². The molecule has 1 aromatic carbocycles. The highest BCUT2D eigenvalue weighted by Crippen LogP contribution is 2.31. The van der Waals surface area contributed by atoms with E-state index in [0.717, 1.165) is 6.07 Å². The van der Waals surface area contributed by atoms with Crippen molar-refractivity contribution in [3.05, 3.63) is 35.4 Å². The van der Waals surface area contributed by atoms with Crippen molar-refractivity contribution in [1.29, 1.82) is 0 Å². The third-order valence-electron chi connectivity index (χ3n) is 3.73. The molecule has 0 spiro atoms. The number of aliphatic hydroxyl groups excluding tert-OH is 1. The topological polar surface area (TPSA) is 38.7 Å². The van der Waals surface area contributed by atoms with Crippen LogP contribution in [0, 0.1) is 11.6 Å². The van der Waals surface area contributed by atoms with Crippen LogP contribution in [0.25, 0.3) is 0 Å². The Bertz CT molecular complexity index is 419. The molecule has 1 unspecified atom stereocenters. The highest BCUT2D eigenvalue weighted by atomic mass is 19.1. The van der Waals surface area contributed by atoms with Crippen molar-refractivity contribution in [3.63, 3.8) is 0 Å². The zero-order valence-electron chi connectivity index (χ0n) is 11.6. The van der Waals surface area contributed by atoms with Crippen LogP contribution < -0.4 is 0 Å². The van der Waals surface area contributed by atoms with Crippen molar-refractivity contribution in [1.82, 2.24) is 0 Å². The highest BCUT2D eigenvalue weighted by Gasteiger charge is 2.40. The van der Waals surface area contributed by atoms with Crippen LogP contribution in [0.3, 0.4) is 0 Å². The lowest BCUT2D eigenvalue weighted by molar-refractivity contribution is -0.165. The van der Waals surface area contributed by atoms with Crippen LogP contribution in [0.15, 0.2) is 18.2 Å². The first-order valence-corrected chi connectivity index (χ1v) is 6.90. The normalized spacial score (nSPS) is 19.8. The largest absolute Gasteiger partial charge is 0.390 e. The Morgan fingerprint density at radius 2 is 1.85 bits per heavy atom. The first kappa shape index (κ1) is 15.4. The molecule has 0 aliphatic carbocycles. The lowest BCUT2D eigenvalue weighted by Gasteiger charge is -2.40. The summed E-state index contributed by atoms with van der Waals surface area (Å²) in [7, 11) is 0. The fraction of sp³-hybridized carbons (Fsp3) is 0.600. The van der Waals surface area contributed by atoms with Crippen LogP contribution in [0.5, 0.6) is 0 Å². The van der Waals surface area contributed by atoms with Gasteiger partial charge in [-0.25, -0.2) is 8.78 Å². The summed E-state index contributed by atoms with van der Waals surface area (Å²) >= 11 is 0. The number of benzene rings is 1. The van der Waals surface area contributed by atoms with Crippen LogP contribution in [-0.2, 0) is 15.9 Å². The van der Waals surface area contributed by atoms with Crippen molar-refractivity contribution in [2.24, 2.45) is 0 Å².